The number of aryl methyl sites for hydroxylation is 2. The molecule has 2 heterocycles. The summed E-state index contributed by atoms with van der Waals surface area (Å²) in [7, 11) is 0. The van der Waals surface area contributed by atoms with Crippen molar-refractivity contribution in [2.45, 2.75) is 33.4 Å². The molecule has 4 heteroatoms. The lowest BCUT2D eigenvalue weighted by Gasteiger charge is -2.10. The van der Waals surface area contributed by atoms with Crippen LogP contribution in [0.15, 0.2) is 50.2 Å². The maximum atomic E-state index is 11.8. The van der Waals surface area contributed by atoms with Crippen LogP contribution in [-0.4, -0.2) is 0 Å². The summed E-state index contributed by atoms with van der Waals surface area (Å²) >= 11 is 0. The number of nitrogens with two attached hydrogens (primary N) is 1. The molecule has 0 aliphatic heterocycles. The highest BCUT2D eigenvalue weighted by atomic mass is 16.4. The van der Waals surface area contributed by atoms with Gasteiger partial charge in [-0.25, -0.2) is 4.79 Å². The smallest absolute Gasteiger partial charge is 0.336 e. The highest BCUT2D eigenvalue weighted by Crippen LogP contribution is 2.21. The van der Waals surface area contributed by atoms with Crippen molar-refractivity contribution in [3.05, 3.63) is 69.5 Å². The molecule has 114 valence electrons. The van der Waals surface area contributed by atoms with Crippen LogP contribution in [0.1, 0.15) is 35.4 Å². The highest BCUT2D eigenvalue weighted by molar-refractivity contribution is 5.81. The van der Waals surface area contributed by atoms with E-state index in [-0.39, 0.29) is 11.7 Å². The van der Waals surface area contributed by atoms with Crippen LogP contribution in [0.4, 0.5) is 0 Å². The third-order valence-corrected chi connectivity index (χ3v) is 4.13. The molecule has 0 bridgehead atoms. The van der Waals surface area contributed by atoms with Crippen molar-refractivity contribution in [1.29, 1.82) is 0 Å². The van der Waals surface area contributed by atoms with Crippen molar-refractivity contribution in [2.75, 3.05) is 0 Å². The lowest BCUT2D eigenvalue weighted by molar-refractivity contribution is -0.709. The second-order valence-electron chi connectivity index (χ2n) is 5.77. The zero-order chi connectivity index (χ0) is 15.7. The fourth-order valence-electron chi connectivity index (χ4n) is 2.62. The Kier molecular flexibility index (Phi) is 3.86. The Morgan fingerprint density at radius 3 is 2.68 bits per heavy atom. The Hall–Kier alpha value is -2.33. The molecule has 0 radical (unpaired) electrons. The van der Waals surface area contributed by atoms with Gasteiger partial charge < -0.3 is 14.2 Å². The lowest BCUT2D eigenvalue weighted by Crippen LogP contribution is -2.83. The Balaban J connectivity index is 1.93. The fraction of sp³-hybridized carbons (Fsp3) is 0.278. The van der Waals surface area contributed by atoms with E-state index in [9.17, 15) is 4.79 Å². The van der Waals surface area contributed by atoms with Crippen molar-refractivity contribution in [2.24, 2.45) is 0 Å². The van der Waals surface area contributed by atoms with Gasteiger partial charge in [0.05, 0.1) is 6.26 Å². The van der Waals surface area contributed by atoms with Crippen LogP contribution < -0.4 is 10.9 Å². The molecule has 1 aromatic carbocycles. The molecule has 3 rings (SSSR count). The molecule has 1 atom stereocenters. The zero-order valence-corrected chi connectivity index (χ0v) is 13.1. The van der Waals surface area contributed by atoms with E-state index in [0.717, 1.165) is 22.3 Å². The number of furan rings is 1. The highest BCUT2D eigenvalue weighted by Gasteiger charge is 2.14. The predicted octanol–water partition coefficient (Wildman–Crippen LogP) is 2.83. The molecule has 4 nitrogen and oxygen atoms in total. The van der Waals surface area contributed by atoms with Gasteiger partial charge in [0.25, 0.3) is 0 Å². The molecule has 0 amide bonds. The second-order valence-corrected chi connectivity index (χ2v) is 5.77. The summed E-state index contributed by atoms with van der Waals surface area (Å²) in [5.41, 5.74) is 3.67. The van der Waals surface area contributed by atoms with E-state index in [1.807, 2.05) is 25.1 Å². The normalized spacial score (nSPS) is 12.7. The topological polar surface area (TPSA) is 60.0 Å². The molecule has 22 heavy (non-hydrogen) atoms. The van der Waals surface area contributed by atoms with Crippen molar-refractivity contribution >= 4 is 11.0 Å². The standard InChI is InChI=1S/C18H19NO3/c1-11-7-15-14(9-18(20)22-17(15)8-12(11)2)10-19-13(3)16-5-4-6-21-16/h4-9,13,19H,10H2,1-3H3/p+1/t13-/m1/s1. The Labute approximate surface area is 128 Å². The van der Waals surface area contributed by atoms with Gasteiger partial charge in [-0.05, 0) is 56.2 Å². The Morgan fingerprint density at radius 2 is 1.95 bits per heavy atom. The SMILES string of the molecule is Cc1cc2oc(=O)cc(C[NH2+][C@H](C)c3ccco3)c2cc1C. The zero-order valence-electron chi connectivity index (χ0n) is 13.1. The van der Waals surface area contributed by atoms with E-state index < -0.39 is 0 Å². The summed E-state index contributed by atoms with van der Waals surface area (Å²) in [6, 6.07) is 9.66. The first-order chi connectivity index (χ1) is 10.5. The van der Waals surface area contributed by atoms with Crippen LogP contribution in [-0.2, 0) is 6.54 Å². The number of hydrogen-bond acceptors (Lipinski definition) is 3. The fourth-order valence-corrected chi connectivity index (χ4v) is 2.62. The molecule has 0 aliphatic rings. The van der Waals surface area contributed by atoms with E-state index in [1.165, 1.54) is 5.56 Å². The first kappa shape index (κ1) is 14.6. The van der Waals surface area contributed by atoms with E-state index in [0.29, 0.717) is 12.1 Å². The van der Waals surface area contributed by atoms with Crippen LogP contribution in [0.2, 0.25) is 0 Å². The van der Waals surface area contributed by atoms with E-state index in [4.69, 9.17) is 8.83 Å². The van der Waals surface area contributed by atoms with Gasteiger partial charge in [-0.15, -0.1) is 0 Å². The number of benzene rings is 1. The minimum atomic E-state index is -0.301. The van der Waals surface area contributed by atoms with Crippen molar-refractivity contribution < 1.29 is 14.2 Å². The monoisotopic (exact) mass is 298 g/mol. The second kappa shape index (κ2) is 5.81. The van der Waals surface area contributed by atoms with Crippen LogP contribution in [0.5, 0.6) is 0 Å². The van der Waals surface area contributed by atoms with Gasteiger partial charge in [-0.2, -0.15) is 0 Å². The van der Waals surface area contributed by atoms with Gasteiger partial charge in [-0.3, -0.25) is 0 Å². The van der Waals surface area contributed by atoms with E-state index in [2.05, 4.69) is 25.2 Å². The lowest BCUT2D eigenvalue weighted by atomic mass is 10.0. The maximum absolute atomic E-state index is 11.8. The largest absolute Gasteiger partial charge is 0.463 e. The van der Waals surface area contributed by atoms with Gasteiger partial charge in [0.1, 0.15) is 18.2 Å². The predicted molar refractivity (Wildman–Crippen MR) is 84.7 cm³/mol. The molecule has 0 unspecified atom stereocenters. The summed E-state index contributed by atoms with van der Waals surface area (Å²) in [5.74, 6) is 0.930. The molecule has 0 fully saturated rings. The summed E-state index contributed by atoms with van der Waals surface area (Å²) in [6.07, 6.45) is 1.68. The molecule has 0 saturated carbocycles. The van der Waals surface area contributed by atoms with Crippen LogP contribution in [0, 0.1) is 13.8 Å². The summed E-state index contributed by atoms with van der Waals surface area (Å²) in [4.78, 5) is 11.8. The van der Waals surface area contributed by atoms with Crippen molar-refractivity contribution in [1.82, 2.24) is 0 Å². The molecular weight excluding hydrogens is 278 g/mol. The molecule has 2 N–H and O–H groups in total. The third kappa shape index (κ3) is 2.83. The summed E-state index contributed by atoms with van der Waals surface area (Å²) in [5, 5.41) is 3.16. The van der Waals surface area contributed by atoms with Gasteiger partial charge in [0, 0.05) is 17.0 Å². The van der Waals surface area contributed by atoms with E-state index in [1.54, 1.807) is 12.3 Å². The number of hydrogen-bond donors (Lipinski definition) is 1. The van der Waals surface area contributed by atoms with Crippen LogP contribution in [0.25, 0.3) is 11.0 Å². The number of quaternary nitrogens is 1. The quantitative estimate of drug-likeness (QED) is 0.753. The van der Waals surface area contributed by atoms with Crippen LogP contribution in [0.3, 0.4) is 0 Å². The van der Waals surface area contributed by atoms with Gasteiger partial charge in [0.15, 0.2) is 5.76 Å². The molecule has 0 saturated heterocycles. The first-order valence-electron chi connectivity index (χ1n) is 7.45. The van der Waals surface area contributed by atoms with Crippen LogP contribution >= 0.6 is 0 Å². The molecule has 0 aliphatic carbocycles. The van der Waals surface area contributed by atoms with Crippen molar-refractivity contribution in [3.63, 3.8) is 0 Å². The minimum absolute atomic E-state index is 0.198. The molecular formula is C18H20NO3+. The number of rotatable bonds is 4. The van der Waals surface area contributed by atoms with Crippen molar-refractivity contribution in [3.8, 4) is 0 Å². The average Bonchev–Trinajstić information content (AvgIpc) is 3.00. The first-order valence-corrected chi connectivity index (χ1v) is 7.45. The third-order valence-electron chi connectivity index (χ3n) is 4.13. The Bertz CT molecular complexity index is 847. The molecule has 0 spiro atoms. The average molecular weight is 298 g/mol. The molecule has 3 aromatic rings. The van der Waals surface area contributed by atoms with Gasteiger partial charge in [-0.1, -0.05) is 0 Å². The summed E-state index contributed by atoms with van der Waals surface area (Å²) < 4.78 is 10.7. The van der Waals surface area contributed by atoms with Gasteiger partial charge >= 0.3 is 5.63 Å². The maximum Gasteiger partial charge on any atom is 0.336 e. The van der Waals surface area contributed by atoms with Gasteiger partial charge in [0.2, 0.25) is 0 Å². The minimum Gasteiger partial charge on any atom is -0.463 e. The number of fused-ring (bicyclic) bond motifs is 1. The Morgan fingerprint density at radius 1 is 1.18 bits per heavy atom. The molecule has 2 aromatic heterocycles. The summed E-state index contributed by atoms with van der Waals surface area (Å²) in [6.45, 7) is 6.87. The van der Waals surface area contributed by atoms with E-state index >= 15 is 0 Å².